The van der Waals surface area contributed by atoms with Crippen LogP contribution in [0, 0.1) is 0 Å². The van der Waals surface area contributed by atoms with Crippen molar-refractivity contribution in [3.05, 3.63) is 0 Å². The van der Waals surface area contributed by atoms with E-state index in [0.717, 1.165) is 11.5 Å². The van der Waals surface area contributed by atoms with E-state index in [1.807, 2.05) is 21.6 Å². The second-order valence-electron chi connectivity index (χ2n) is 4.45. The molecule has 0 heterocycles. The van der Waals surface area contributed by atoms with Gasteiger partial charge in [0, 0.05) is 25.7 Å². The highest BCUT2D eigenvalue weighted by atomic mass is 33.1. The molecule has 4 heteroatoms. The maximum atomic E-state index is 5.33. The summed E-state index contributed by atoms with van der Waals surface area (Å²) in [5.74, 6) is 1.99. The van der Waals surface area contributed by atoms with Crippen LogP contribution in [-0.4, -0.2) is 36.9 Å². The minimum absolute atomic E-state index is 0.0329. The lowest BCUT2D eigenvalue weighted by Crippen LogP contribution is -2.27. The molecule has 0 bridgehead atoms. The number of hydrogen-bond acceptors (Lipinski definition) is 4. The normalized spacial score (nSPS) is 13.3. The fourth-order valence-corrected chi connectivity index (χ4v) is 3.66. The van der Waals surface area contributed by atoms with E-state index in [-0.39, 0.29) is 11.2 Å². The predicted octanol–water partition coefficient (Wildman–Crippen LogP) is 3.22. The van der Waals surface area contributed by atoms with Gasteiger partial charge in [0.25, 0.3) is 0 Å². The van der Waals surface area contributed by atoms with Crippen LogP contribution in [-0.2, 0) is 9.47 Å². The summed E-state index contributed by atoms with van der Waals surface area (Å²) in [5.41, 5.74) is -0.0657. The zero-order valence-electron chi connectivity index (χ0n) is 10.0. The van der Waals surface area contributed by atoms with E-state index in [0.29, 0.717) is 0 Å². The van der Waals surface area contributed by atoms with Crippen molar-refractivity contribution in [2.24, 2.45) is 0 Å². The van der Waals surface area contributed by atoms with Gasteiger partial charge in [-0.05, 0) is 27.7 Å². The highest BCUT2D eigenvalue weighted by Crippen LogP contribution is 2.30. The fraction of sp³-hybridized carbons (Fsp3) is 1.00. The van der Waals surface area contributed by atoms with Gasteiger partial charge in [0.2, 0.25) is 0 Å². The molecular formula is C10H22O2S2. The molecule has 0 aromatic rings. The highest BCUT2D eigenvalue weighted by Gasteiger charge is 2.19. The Hall–Kier alpha value is 0.620. The molecular weight excluding hydrogens is 216 g/mol. The number of ether oxygens (including phenoxy) is 2. The maximum absolute atomic E-state index is 5.33. The van der Waals surface area contributed by atoms with Gasteiger partial charge in [-0.3, -0.25) is 0 Å². The van der Waals surface area contributed by atoms with Gasteiger partial charge >= 0.3 is 0 Å². The van der Waals surface area contributed by atoms with Crippen molar-refractivity contribution in [2.45, 2.75) is 38.9 Å². The van der Waals surface area contributed by atoms with Crippen LogP contribution in [0.5, 0.6) is 0 Å². The van der Waals surface area contributed by atoms with Crippen LogP contribution in [0.15, 0.2) is 0 Å². The summed E-state index contributed by atoms with van der Waals surface area (Å²) in [7, 11) is 7.19. The molecule has 0 aromatic heterocycles. The van der Waals surface area contributed by atoms with Gasteiger partial charge in [-0.15, -0.1) is 0 Å². The van der Waals surface area contributed by atoms with Gasteiger partial charge in [-0.1, -0.05) is 21.6 Å². The second kappa shape index (κ2) is 6.26. The Bertz CT molecular complexity index is 140. The molecule has 0 fully saturated rings. The van der Waals surface area contributed by atoms with Gasteiger partial charge in [-0.2, -0.15) is 0 Å². The molecule has 0 rings (SSSR count). The Labute approximate surface area is 95.9 Å². The summed E-state index contributed by atoms with van der Waals surface area (Å²) < 4.78 is 10.7. The first kappa shape index (κ1) is 14.6. The second-order valence-corrected chi connectivity index (χ2v) is 6.91. The lowest BCUT2D eigenvalue weighted by atomic mass is 10.2. The van der Waals surface area contributed by atoms with Crippen molar-refractivity contribution in [2.75, 3.05) is 25.7 Å². The smallest absolute Gasteiger partial charge is 0.0721 e. The monoisotopic (exact) mass is 238 g/mol. The number of methoxy groups -OCH3 is 2. The molecule has 0 N–H and O–H groups in total. The zero-order valence-corrected chi connectivity index (χ0v) is 11.7. The van der Waals surface area contributed by atoms with Crippen LogP contribution >= 0.6 is 21.6 Å². The summed E-state index contributed by atoms with van der Waals surface area (Å²) in [5, 5.41) is 0. The van der Waals surface area contributed by atoms with E-state index in [4.69, 9.17) is 9.47 Å². The Balaban J connectivity index is 3.57. The molecule has 86 valence electrons. The average molecular weight is 238 g/mol. The third kappa shape index (κ3) is 6.98. The number of rotatable bonds is 7. The Morgan fingerprint density at radius 2 is 1.07 bits per heavy atom. The minimum atomic E-state index is -0.0329. The topological polar surface area (TPSA) is 18.5 Å². The first-order valence-corrected chi connectivity index (χ1v) is 7.16. The van der Waals surface area contributed by atoms with Crippen molar-refractivity contribution in [3.8, 4) is 0 Å². The predicted molar refractivity (Wildman–Crippen MR) is 67.1 cm³/mol. The quantitative estimate of drug-likeness (QED) is 0.500. The first-order valence-electron chi connectivity index (χ1n) is 4.68. The van der Waals surface area contributed by atoms with Gasteiger partial charge in [-0.25, -0.2) is 0 Å². The van der Waals surface area contributed by atoms with Crippen molar-refractivity contribution < 1.29 is 9.47 Å². The van der Waals surface area contributed by atoms with Gasteiger partial charge in [0.05, 0.1) is 11.2 Å². The molecule has 0 radical (unpaired) electrons. The van der Waals surface area contributed by atoms with E-state index in [1.54, 1.807) is 14.2 Å². The van der Waals surface area contributed by atoms with E-state index in [9.17, 15) is 0 Å². The van der Waals surface area contributed by atoms with Crippen LogP contribution in [0.3, 0.4) is 0 Å². The molecule has 0 aromatic carbocycles. The van der Waals surface area contributed by atoms with E-state index in [1.165, 1.54) is 0 Å². The van der Waals surface area contributed by atoms with E-state index < -0.39 is 0 Å². The van der Waals surface area contributed by atoms with Crippen LogP contribution in [0.25, 0.3) is 0 Å². The van der Waals surface area contributed by atoms with Crippen LogP contribution in [0.2, 0.25) is 0 Å². The van der Waals surface area contributed by atoms with Crippen LogP contribution in [0.1, 0.15) is 27.7 Å². The molecule has 0 aliphatic carbocycles. The van der Waals surface area contributed by atoms with Crippen molar-refractivity contribution in [1.29, 1.82) is 0 Å². The third-order valence-electron chi connectivity index (χ3n) is 2.00. The average Bonchev–Trinajstić information content (AvgIpc) is 2.13. The third-order valence-corrected chi connectivity index (χ3v) is 5.00. The molecule has 0 unspecified atom stereocenters. The summed E-state index contributed by atoms with van der Waals surface area (Å²) >= 11 is 0. The molecule has 0 saturated carbocycles. The largest absolute Gasteiger partial charge is 0.378 e. The molecule has 14 heavy (non-hydrogen) atoms. The van der Waals surface area contributed by atoms with Crippen molar-refractivity contribution in [3.63, 3.8) is 0 Å². The Kier molecular flexibility index (Phi) is 6.53. The van der Waals surface area contributed by atoms with Crippen LogP contribution < -0.4 is 0 Å². The maximum Gasteiger partial charge on any atom is 0.0721 e. The molecule has 0 spiro atoms. The molecule has 0 atom stereocenters. The molecule has 0 saturated heterocycles. The molecule has 0 aliphatic rings. The van der Waals surface area contributed by atoms with Gasteiger partial charge in [0.15, 0.2) is 0 Å². The summed E-state index contributed by atoms with van der Waals surface area (Å²) in [6, 6.07) is 0. The molecule has 2 nitrogen and oxygen atoms in total. The van der Waals surface area contributed by atoms with E-state index >= 15 is 0 Å². The summed E-state index contributed by atoms with van der Waals surface area (Å²) in [6.45, 7) is 8.40. The summed E-state index contributed by atoms with van der Waals surface area (Å²) in [4.78, 5) is 0. The van der Waals surface area contributed by atoms with E-state index in [2.05, 4.69) is 27.7 Å². The highest BCUT2D eigenvalue weighted by molar-refractivity contribution is 8.76. The van der Waals surface area contributed by atoms with Crippen LogP contribution in [0.4, 0.5) is 0 Å². The Morgan fingerprint density at radius 3 is 1.29 bits per heavy atom. The van der Waals surface area contributed by atoms with Gasteiger partial charge < -0.3 is 9.47 Å². The molecule has 0 amide bonds. The zero-order chi connectivity index (χ0) is 11.2. The lowest BCUT2D eigenvalue weighted by molar-refractivity contribution is 0.0433. The summed E-state index contributed by atoms with van der Waals surface area (Å²) in [6.07, 6.45) is 0. The molecule has 0 aliphatic heterocycles. The van der Waals surface area contributed by atoms with Crippen molar-refractivity contribution >= 4 is 21.6 Å². The standard InChI is InChI=1S/C10H22O2S2/c1-9(2,11-5)7-13-14-8-10(3,4)12-6/h7-8H2,1-6H3. The van der Waals surface area contributed by atoms with Crippen molar-refractivity contribution in [1.82, 2.24) is 0 Å². The number of hydrogen-bond donors (Lipinski definition) is 0. The minimum Gasteiger partial charge on any atom is -0.378 e. The fourth-order valence-electron chi connectivity index (χ4n) is 0.485. The Morgan fingerprint density at radius 1 is 0.786 bits per heavy atom. The first-order chi connectivity index (χ1) is 6.33. The van der Waals surface area contributed by atoms with Gasteiger partial charge in [0.1, 0.15) is 0 Å². The lowest BCUT2D eigenvalue weighted by Gasteiger charge is -2.24. The SMILES string of the molecule is COC(C)(C)CSSCC(C)(C)OC.